The van der Waals surface area contributed by atoms with Crippen LogP contribution in [0.1, 0.15) is 36.7 Å². The van der Waals surface area contributed by atoms with E-state index in [1.165, 1.54) is 6.92 Å². The van der Waals surface area contributed by atoms with Crippen molar-refractivity contribution in [1.29, 1.82) is 0 Å². The third-order valence-corrected chi connectivity index (χ3v) is 3.45. The molecule has 6 heteroatoms. The summed E-state index contributed by atoms with van der Waals surface area (Å²) in [7, 11) is 1.83. The largest absolute Gasteiger partial charge is 0.381 e. The lowest BCUT2D eigenvalue weighted by molar-refractivity contribution is 0.0902. The molecule has 114 valence electrons. The highest BCUT2D eigenvalue weighted by Gasteiger charge is 2.21. The Bertz CT molecular complexity index is 542. The topological polar surface area (TPSA) is 68.5 Å². The van der Waals surface area contributed by atoms with Crippen LogP contribution < -0.4 is 5.32 Å². The molecule has 1 aliphatic rings. The number of ether oxygens (including phenoxy) is 1. The molecule has 0 atom stereocenters. The molecule has 0 radical (unpaired) electrons. The Balaban J connectivity index is 2.22. The van der Waals surface area contributed by atoms with E-state index in [0.29, 0.717) is 29.9 Å². The van der Waals surface area contributed by atoms with E-state index in [1.54, 1.807) is 16.9 Å². The molecule has 1 fully saturated rings. The number of aromatic nitrogens is 2. The Morgan fingerprint density at radius 3 is 2.90 bits per heavy atom. The molecule has 2 rings (SSSR count). The monoisotopic (exact) mass is 290 g/mol. The second-order valence-corrected chi connectivity index (χ2v) is 5.09. The zero-order valence-electron chi connectivity index (χ0n) is 12.6. The number of Topliss-reactive ketones (excluding diaryl/α,β-unsaturated/α-hetero) is 1. The van der Waals surface area contributed by atoms with Gasteiger partial charge in [-0.1, -0.05) is 6.08 Å². The van der Waals surface area contributed by atoms with Gasteiger partial charge in [0, 0.05) is 45.9 Å². The van der Waals surface area contributed by atoms with Crippen molar-refractivity contribution in [2.24, 2.45) is 12.0 Å². The summed E-state index contributed by atoms with van der Waals surface area (Å²) >= 11 is 0. The van der Waals surface area contributed by atoms with Crippen molar-refractivity contribution in [3.8, 4) is 0 Å². The lowest BCUT2D eigenvalue weighted by atomic mass is 10.1. The van der Waals surface area contributed by atoms with E-state index in [4.69, 9.17) is 4.74 Å². The van der Waals surface area contributed by atoms with Crippen molar-refractivity contribution in [3.63, 3.8) is 0 Å². The van der Waals surface area contributed by atoms with Crippen LogP contribution in [0.2, 0.25) is 0 Å². The highest BCUT2D eigenvalue weighted by molar-refractivity contribution is 5.97. The Hall–Kier alpha value is -1.95. The first-order valence-electron chi connectivity index (χ1n) is 7.18. The number of allylic oxidation sites excluding steroid dienone is 1. The molecule has 6 nitrogen and oxygen atoms in total. The van der Waals surface area contributed by atoms with E-state index in [9.17, 15) is 4.79 Å². The van der Waals surface area contributed by atoms with E-state index >= 15 is 0 Å². The molecule has 0 unspecified atom stereocenters. The number of ketones is 1. The van der Waals surface area contributed by atoms with Gasteiger partial charge in [0.2, 0.25) is 5.95 Å². The Kier molecular flexibility index (Phi) is 5.27. The van der Waals surface area contributed by atoms with Gasteiger partial charge < -0.3 is 14.6 Å². The number of anilines is 1. The molecule has 0 aliphatic carbocycles. The van der Waals surface area contributed by atoms with Gasteiger partial charge in [-0.05, 0) is 12.8 Å². The summed E-state index contributed by atoms with van der Waals surface area (Å²) < 4.78 is 7.12. The molecule has 0 bridgehead atoms. The highest BCUT2D eigenvalue weighted by atomic mass is 16.5. The molecule has 0 amide bonds. The molecule has 0 aromatic carbocycles. The number of nitrogens with zero attached hydrogens (tertiary/aromatic N) is 3. The smallest absolute Gasteiger partial charge is 0.205 e. The summed E-state index contributed by atoms with van der Waals surface area (Å²) in [6.07, 6.45) is 5.99. The van der Waals surface area contributed by atoms with Crippen molar-refractivity contribution in [2.45, 2.75) is 32.2 Å². The van der Waals surface area contributed by atoms with Crippen LogP contribution in [-0.2, 0) is 11.8 Å². The van der Waals surface area contributed by atoms with Gasteiger partial charge >= 0.3 is 0 Å². The summed E-state index contributed by atoms with van der Waals surface area (Å²) in [5.74, 6) is 1.09. The molecule has 1 aromatic heterocycles. The number of rotatable bonds is 6. The minimum Gasteiger partial charge on any atom is -0.381 e. The van der Waals surface area contributed by atoms with Crippen LogP contribution >= 0.6 is 0 Å². The molecule has 1 aromatic rings. The Labute approximate surface area is 124 Å². The van der Waals surface area contributed by atoms with Crippen molar-refractivity contribution in [3.05, 3.63) is 18.3 Å². The van der Waals surface area contributed by atoms with Gasteiger partial charge in [0.25, 0.3) is 0 Å². The standard InChI is InChI=1S/C15H22N4O2/c1-4-5-8-16-14-13(11(2)20)19(3)15(18-14)17-12-6-9-21-10-7-12/h4,8,12H,1,5-7,9-10H2,2-3H3,(H,17,18)/b16-8-. The number of hydrogen-bond donors (Lipinski definition) is 1. The lowest BCUT2D eigenvalue weighted by Crippen LogP contribution is -2.29. The van der Waals surface area contributed by atoms with Crippen LogP contribution in [0.15, 0.2) is 17.6 Å². The minimum absolute atomic E-state index is 0.0456. The third-order valence-electron chi connectivity index (χ3n) is 3.45. The fourth-order valence-corrected chi connectivity index (χ4v) is 2.34. The van der Waals surface area contributed by atoms with Crippen LogP contribution in [0.25, 0.3) is 0 Å². The molecule has 1 saturated heterocycles. The first-order valence-corrected chi connectivity index (χ1v) is 7.18. The predicted molar refractivity (Wildman–Crippen MR) is 83.6 cm³/mol. The van der Waals surface area contributed by atoms with Crippen LogP contribution in [-0.4, -0.2) is 40.8 Å². The van der Waals surface area contributed by atoms with E-state index in [1.807, 2.05) is 7.05 Å². The fraction of sp³-hybridized carbons (Fsp3) is 0.533. The van der Waals surface area contributed by atoms with E-state index in [2.05, 4.69) is 21.9 Å². The number of imidazole rings is 1. The quantitative estimate of drug-likeness (QED) is 0.496. The van der Waals surface area contributed by atoms with Crippen LogP contribution in [0.3, 0.4) is 0 Å². The molecular weight excluding hydrogens is 268 g/mol. The first-order chi connectivity index (χ1) is 10.1. The maximum atomic E-state index is 11.8. The molecule has 0 spiro atoms. The SMILES string of the molecule is C=CC/C=N\c1nc(NC2CCOCC2)n(C)c1C(C)=O. The summed E-state index contributed by atoms with van der Waals surface area (Å²) in [6.45, 7) is 6.68. The lowest BCUT2D eigenvalue weighted by Gasteiger charge is -2.23. The molecule has 2 heterocycles. The molecule has 1 aliphatic heterocycles. The van der Waals surface area contributed by atoms with E-state index in [0.717, 1.165) is 26.1 Å². The van der Waals surface area contributed by atoms with Crippen molar-refractivity contribution in [1.82, 2.24) is 9.55 Å². The van der Waals surface area contributed by atoms with Crippen LogP contribution in [0, 0.1) is 0 Å². The number of nitrogens with one attached hydrogen (secondary N) is 1. The number of aliphatic imine (C=N–C) groups is 1. The van der Waals surface area contributed by atoms with Gasteiger partial charge in [-0.3, -0.25) is 4.79 Å². The molecule has 1 N–H and O–H groups in total. The average molecular weight is 290 g/mol. The maximum Gasteiger partial charge on any atom is 0.205 e. The number of carbonyl (C=O) groups is 1. The second-order valence-electron chi connectivity index (χ2n) is 5.09. The van der Waals surface area contributed by atoms with Crippen molar-refractivity contribution < 1.29 is 9.53 Å². The summed E-state index contributed by atoms with van der Waals surface area (Å²) in [4.78, 5) is 20.6. The van der Waals surface area contributed by atoms with Crippen molar-refractivity contribution >= 4 is 23.8 Å². The predicted octanol–water partition coefficient (Wildman–Crippen LogP) is 2.49. The summed E-state index contributed by atoms with van der Waals surface area (Å²) in [6, 6.07) is 0.324. The third kappa shape index (κ3) is 3.78. The summed E-state index contributed by atoms with van der Waals surface area (Å²) in [5, 5.41) is 3.38. The average Bonchev–Trinajstić information content (AvgIpc) is 2.77. The number of carbonyl (C=O) groups excluding carboxylic acids is 1. The van der Waals surface area contributed by atoms with Gasteiger partial charge in [0.15, 0.2) is 11.6 Å². The summed E-state index contributed by atoms with van der Waals surface area (Å²) in [5.41, 5.74) is 0.518. The molecule has 21 heavy (non-hydrogen) atoms. The molecule has 0 saturated carbocycles. The van der Waals surface area contributed by atoms with E-state index < -0.39 is 0 Å². The van der Waals surface area contributed by atoms with Gasteiger partial charge in [-0.15, -0.1) is 6.58 Å². The highest BCUT2D eigenvalue weighted by Crippen LogP contribution is 2.24. The minimum atomic E-state index is -0.0456. The Morgan fingerprint density at radius 1 is 1.57 bits per heavy atom. The number of hydrogen-bond acceptors (Lipinski definition) is 5. The van der Waals surface area contributed by atoms with Crippen LogP contribution in [0.4, 0.5) is 11.8 Å². The van der Waals surface area contributed by atoms with Gasteiger partial charge in [0.1, 0.15) is 5.69 Å². The maximum absolute atomic E-state index is 11.8. The van der Waals surface area contributed by atoms with Gasteiger partial charge in [-0.25, -0.2) is 4.99 Å². The van der Waals surface area contributed by atoms with Gasteiger partial charge in [-0.2, -0.15) is 4.98 Å². The second kappa shape index (κ2) is 7.17. The van der Waals surface area contributed by atoms with Gasteiger partial charge in [0.05, 0.1) is 0 Å². The van der Waals surface area contributed by atoms with E-state index in [-0.39, 0.29) is 5.78 Å². The first kappa shape index (κ1) is 15.4. The van der Waals surface area contributed by atoms with Crippen molar-refractivity contribution in [2.75, 3.05) is 18.5 Å². The van der Waals surface area contributed by atoms with Crippen LogP contribution in [0.5, 0.6) is 0 Å². The normalized spacial score (nSPS) is 16.3. The zero-order valence-corrected chi connectivity index (χ0v) is 12.6. The fourth-order valence-electron chi connectivity index (χ4n) is 2.34. The molecular formula is C15H22N4O2. The zero-order chi connectivity index (χ0) is 15.2. The Morgan fingerprint density at radius 2 is 2.29 bits per heavy atom.